The van der Waals surface area contributed by atoms with Crippen molar-refractivity contribution in [3.63, 3.8) is 0 Å². The van der Waals surface area contributed by atoms with Gasteiger partial charge in [-0.25, -0.2) is 0 Å². The van der Waals surface area contributed by atoms with Gasteiger partial charge >= 0.3 is 0 Å². The molecule has 0 bridgehead atoms. The quantitative estimate of drug-likeness (QED) is 0.653. The van der Waals surface area contributed by atoms with Gasteiger partial charge in [-0.3, -0.25) is 9.59 Å². The third-order valence-electron chi connectivity index (χ3n) is 5.56. The number of carbonyl (C=O) groups is 2. The maximum atomic E-state index is 13.1. The molecule has 1 N–H and O–H groups in total. The number of carbonyl (C=O) groups excluding carboxylic acids is 2. The number of halogens is 1. The molecule has 1 heterocycles. The van der Waals surface area contributed by atoms with Gasteiger partial charge in [0, 0.05) is 37.7 Å². The van der Waals surface area contributed by atoms with Gasteiger partial charge in [0.05, 0.1) is 37.7 Å². The summed E-state index contributed by atoms with van der Waals surface area (Å²) >= 11 is 6.55. The summed E-state index contributed by atoms with van der Waals surface area (Å²) in [5.41, 5.74) is 1.67. The van der Waals surface area contributed by atoms with E-state index in [-0.39, 0.29) is 17.7 Å². The molecule has 1 aliphatic heterocycles. The van der Waals surface area contributed by atoms with Gasteiger partial charge < -0.3 is 29.3 Å². The third-order valence-corrected chi connectivity index (χ3v) is 5.87. The second-order valence-electron chi connectivity index (χ2n) is 7.97. The molecule has 2 aromatic rings. The molecule has 1 fully saturated rings. The van der Waals surface area contributed by atoms with Crippen molar-refractivity contribution < 1.29 is 23.8 Å². The Morgan fingerprint density at radius 2 is 1.58 bits per heavy atom. The molecule has 0 unspecified atom stereocenters. The summed E-state index contributed by atoms with van der Waals surface area (Å²) < 4.78 is 16.0. The lowest BCUT2D eigenvalue weighted by molar-refractivity contribution is -0.134. The van der Waals surface area contributed by atoms with Crippen LogP contribution < -0.4 is 24.4 Å². The fourth-order valence-electron chi connectivity index (χ4n) is 3.86. The highest BCUT2D eigenvalue weighted by Gasteiger charge is 2.26. The van der Waals surface area contributed by atoms with E-state index in [1.54, 1.807) is 24.3 Å². The summed E-state index contributed by atoms with van der Waals surface area (Å²) in [6.07, 6.45) is 0. The number of nitrogens with zero attached hydrogens (tertiary/aromatic N) is 2. The Balaban J connectivity index is 1.84. The molecule has 8 nitrogen and oxygen atoms in total. The summed E-state index contributed by atoms with van der Waals surface area (Å²) in [4.78, 5) is 29.4. The number of nitrogens with one attached hydrogen (secondary N) is 1. The number of piperazine rings is 1. The van der Waals surface area contributed by atoms with Crippen molar-refractivity contribution in [1.82, 2.24) is 4.90 Å². The fourth-order valence-corrected chi connectivity index (χ4v) is 4.15. The Bertz CT molecular complexity index is 994. The Labute approximate surface area is 199 Å². The number of para-hydroxylation sites is 1. The topological polar surface area (TPSA) is 80.3 Å². The van der Waals surface area contributed by atoms with Gasteiger partial charge in [0.15, 0.2) is 11.5 Å². The first kappa shape index (κ1) is 24.5. The number of amides is 2. The second-order valence-corrected chi connectivity index (χ2v) is 8.38. The first-order valence-electron chi connectivity index (χ1n) is 10.7. The van der Waals surface area contributed by atoms with Crippen molar-refractivity contribution in [1.29, 1.82) is 0 Å². The second kappa shape index (κ2) is 10.7. The molecule has 0 aliphatic carbocycles. The number of methoxy groups -OCH3 is 3. The molecule has 33 heavy (non-hydrogen) atoms. The van der Waals surface area contributed by atoms with Crippen LogP contribution in [0, 0.1) is 5.92 Å². The smallest absolute Gasteiger partial charge is 0.255 e. The van der Waals surface area contributed by atoms with Crippen LogP contribution in [0.4, 0.5) is 11.4 Å². The lowest BCUT2D eigenvalue weighted by Gasteiger charge is -2.38. The van der Waals surface area contributed by atoms with Crippen LogP contribution in [-0.2, 0) is 4.79 Å². The highest BCUT2D eigenvalue weighted by Crippen LogP contribution is 2.39. The summed E-state index contributed by atoms with van der Waals surface area (Å²) in [7, 11) is 4.50. The number of rotatable bonds is 7. The van der Waals surface area contributed by atoms with Crippen LogP contribution in [0.1, 0.15) is 24.2 Å². The molecule has 1 saturated heterocycles. The van der Waals surface area contributed by atoms with Crippen molar-refractivity contribution in [2.24, 2.45) is 5.92 Å². The number of anilines is 2. The number of hydrogen-bond donors (Lipinski definition) is 1. The Kier molecular flexibility index (Phi) is 7.92. The van der Waals surface area contributed by atoms with Gasteiger partial charge in [-0.2, -0.15) is 0 Å². The van der Waals surface area contributed by atoms with Gasteiger partial charge in [-0.15, -0.1) is 0 Å². The first-order valence-corrected chi connectivity index (χ1v) is 11.1. The van der Waals surface area contributed by atoms with Gasteiger partial charge in [-0.05, 0) is 24.3 Å². The molecular formula is C24H30ClN3O5. The zero-order valence-corrected chi connectivity index (χ0v) is 20.4. The molecule has 1 aliphatic rings. The van der Waals surface area contributed by atoms with Gasteiger partial charge in [-0.1, -0.05) is 31.5 Å². The zero-order valence-electron chi connectivity index (χ0n) is 19.6. The van der Waals surface area contributed by atoms with Crippen LogP contribution in [0.25, 0.3) is 0 Å². The molecular weight excluding hydrogens is 446 g/mol. The predicted octanol–water partition coefficient (Wildman–Crippen LogP) is 3.92. The zero-order chi connectivity index (χ0) is 24.1. The van der Waals surface area contributed by atoms with E-state index in [1.807, 2.05) is 24.8 Å². The lowest BCUT2D eigenvalue weighted by Crippen LogP contribution is -2.50. The molecule has 0 aromatic heterocycles. The average molecular weight is 476 g/mol. The normalized spacial score (nSPS) is 13.7. The van der Waals surface area contributed by atoms with Crippen molar-refractivity contribution in [3.05, 3.63) is 40.9 Å². The molecule has 2 aromatic carbocycles. The van der Waals surface area contributed by atoms with Crippen LogP contribution >= 0.6 is 11.6 Å². The lowest BCUT2D eigenvalue weighted by atomic mass is 10.1. The van der Waals surface area contributed by atoms with Gasteiger partial charge in [0.1, 0.15) is 0 Å². The van der Waals surface area contributed by atoms with E-state index >= 15 is 0 Å². The number of benzene rings is 2. The highest BCUT2D eigenvalue weighted by atomic mass is 35.5. The number of ether oxygens (including phenoxy) is 3. The third kappa shape index (κ3) is 5.27. The van der Waals surface area contributed by atoms with E-state index in [1.165, 1.54) is 21.3 Å². The molecule has 178 valence electrons. The van der Waals surface area contributed by atoms with E-state index < -0.39 is 0 Å². The van der Waals surface area contributed by atoms with E-state index in [2.05, 4.69) is 10.2 Å². The van der Waals surface area contributed by atoms with Crippen molar-refractivity contribution in [2.75, 3.05) is 57.7 Å². The SMILES string of the molecule is COc1cc(C(=O)Nc2cccc(Cl)c2N2CCN(C(=O)C(C)C)CC2)cc(OC)c1OC. The van der Waals surface area contributed by atoms with Gasteiger partial charge in [0.25, 0.3) is 5.91 Å². The maximum Gasteiger partial charge on any atom is 0.255 e. The molecule has 0 spiro atoms. The summed E-state index contributed by atoms with van der Waals surface area (Å²) in [6.45, 7) is 6.24. The van der Waals surface area contributed by atoms with Gasteiger partial charge in [0.2, 0.25) is 11.7 Å². The average Bonchev–Trinajstić information content (AvgIpc) is 2.82. The molecule has 0 saturated carbocycles. The monoisotopic (exact) mass is 475 g/mol. The van der Waals surface area contributed by atoms with Crippen LogP contribution in [0.15, 0.2) is 30.3 Å². The Hall–Kier alpha value is -3.13. The molecule has 2 amide bonds. The summed E-state index contributed by atoms with van der Waals surface area (Å²) in [6, 6.07) is 8.57. The van der Waals surface area contributed by atoms with Crippen molar-refractivity contribution in [3.8, 4) is 17.2 Å². The van der Waals surface area contributed by atoms with E-state index in [0.29, 0.717) is 59.7 Å². The van der Waals surface area contributed by atoms with Crippen LogP contribution in [0.2, 0.25) is 5.02 Å². The number of hydrogen-bond acceptors (Lipinski definition) is 6. The van der Waals surface area contributed by atoms with E-state index in [4.69, 9.17) is 25.8 Å². The summed E-state index contributed by atoms with van der Waals surface area (Å²) in [5.74, 6) is 0.952. The van der Waals surface area contributed by atoms with E-state index in [9.17, 15) is 9.59 Å². The Morgan fingerprint density at radius 3 is 2.09 bits per heavy atom. The molecule has 3 rings (SSSR count). The first-order chi connectivity index (χ1) is 15.8. The van der Waals surface area contributed by atoms with E-state index in [0.717, 1.165) is 5.69 Å². The summed E-state index contributed by atoms with van der Waals surface area (Å²) in [5, 5.41) is 3.49. The van der Waals surface area contributed by atoms with Crippen LogP contribution in [0.3, 0.4) is 0 Å². The molecule has 0 atom stereocenters. The Morgan fingerprint density at radius 1 is 0.970 bits per heavy atom. The maximum absolute atomic E-state index is 13.1. The minimum absolute atomic E-state index is 0.0369. The van der Waals surface area contributed by atoms with Crippen molar-refractivity contribution in [2.45, 2.75) is 13.8 Å². The largest absolute Gasteiger partial charge is 0.493 e. The minimum Gasteiger partial charge on any atom is -0.493 e. The molecule has 0 radical (unpaired) electrons. The van der Waals surface area contributed by atoms with Crippen LogP contribution in [0.5, 0.6) is 17.2 Å². The standard InChI is InChI=1S/C24H30ClN3O5/c1-15(2)24(30)28-11-9-27(10-12-28)21-17(25)7-6-8-18(21)26-23(29)16-13-19(31-3)22(33-5)20(14-16)32-4/h6-8,13-15H,9-12H2,1-5H3,(H,26,29). The molecule has 9 heteroatoms. The highest BCUT2D eigenvalue weighted by molar-refractivity contribution is 6.34. The van der Waals surface area contributed by atoms with Crippen LogP contribution in [-0.4, -0.2) is 64.2 Å². The van der Waals surface area contributed by atoms with Crippen molar-refractivity contribution >= 4 is 34.8 Å². The minimum atomic E-state index is -0.341. The predicted molar refractivity (Wildman–Crippen MR) is 129 cm³/mol. The fraction of sp³-hybridized carbons (Fsp3) is 0.417.